The summed E-state index contributed by atoms with van der Waals surface area (Å²) in [5.74, 6) is 0.660. The second kappa shape index (κ2) is 8.51. The molecule has 0 amide bonds. The minimum atomic E-state index is -0.153. The molecule has 0 spiro atoms. The lowest BCUT2D eigenvalue weighted by molar-refractivity contribution is 0.296. The first-order chi connectivity index (χ1) is 8.70. The Morgan fingerprint density at radius 2 is 2.22 bits per heavy atom. The minimum Gasteiger partial charge on any atom is -0.396 e. The summed E-state index contributed by atoms with van der Waals surface area (Å²) in [5, 5.41) is 12.1. The fourth-order valence-corrected chi connectivity index (χ4v) is 2.87. The van der Waals surface area contributed by atoms with E-state index in [0.29, 0.717) is 0 Å². The topological polar surface area (TPSA) is 32.3 Å². The summed E-state index contributed by atoms with van der Waals surface area (Å²) in [5.41, 5.74) is 0.744. The van der Waals surface area contributed by atoms with Crippen molar-refractivity contribution in [1.82, 2.24) is 5.32 Å². The van der Waals surface area contributed by atoms with Gasteiger partial charge < -0.3 is 10.4 Å². The molecule has 2 nitrogen and oxygen atoms in total. The van der Waals surface area contributed by atoms with Gasteiger partial charge in [-0.3, -0.25) is 0 Å². The molecule has 1 atom stereocenters. The average molecular weight is 271 g/mol. The van der Waals surface area contributed by atoms with Crippen molar-refractivity contribution < 1.29 is 9.50 Å². The SMILES string of the molecule is CCCNC(C)c1c(F)cccc1SCCCO. The van der Waals surface area contributed by atoms with Gasteiger partial charge in [0.25, 0.3) is 0 Å². The Hall–Kier alpha value is -0.580. The van der Waals surface area contributed by atoms with Crippen LogP contribution in [0.3, 0.4) is 0 Å². The molecule has 0 aliphatic rings. The molecule has 1 aromatic carbocycles. The molecular weight excluding hydrogens is 249 g/mol. The second-order valence-corrected chi connectivity index (χ2v) is 5.39. The van der Waals surface area contributed by atoms with Crippen LogP contribution in [0.1, 0.15) is 38.3 Å². The summed E-state index contributed by atoms with van der Waals surface area (Å²) < 4.78 is 13.9. The first-order valence-electron chi connectivity index (χ1n) is 6.46. The first-order valence-corrected chi connectivity index (χ1v) is 7.44. The van der Waals surface area contributed by atoms with E-state index in [1.807, 2.05) is 13.0 Å². The van der Waals surface area contributed by atoms with Gasteiger partial charge in [-0.05, 0) is 38.4 Å². The van der Waals surface area contributed by atoms with E-state index < -0.39 is 0 Å². The highest BCUT2D eigenvalue weighted by Crippen LogP contribution is 2.30. The number of thioether (sulfide) groups is 1. The van der Waals surface area contributed by atoms with Gasteiger partial charge in [0.2, 0.25) is 0 Å². The van der Waals surface area contributed by atoms with Gasteiger partial charge in [0.1, 0.15) is 5.82 Å². The van der Waals surface area contributed by atoms with E-state index in [9.17, 15) is 4.39 Å². The van der Waals surface area contributed by atoms with Crippen molar-refractivity contribution in [2.45, 2.75) is 37.6 Å². The Bertz CT molecular complexity index is 360. The number of aliphatic hydroxyl groups excluding tert-OH is 1. The summed E-state index contributed by atoms with van der Waals surface area (Å²) in [6, 6.07) is 5.22. The third-order valence-corrected chi connectivity index (χ3v) is 3.87. The number of rotatable bonds is 8. The normalized spacial score (nSPS) is 12.7. The molecule has 0 fully saturated rings. The molecule has 0 aromatic heterocycles. The molecule has 4 heteroatoms. The molecule has 0 bridgehead atoms. The molecule has 0 radical (unpaired) electrons. The van der Waals surface area contributed by atoms with Gasteiger partial charge >= 0.3 is 0 Å². The number of halogens is 1. The number of nitrogens with one attached hydrogen (secondary N) is 1. The van der Waals surface area contributed by atoms with Gasteiger partial charge in [-0.1, -0.05) is 13.0 Å². The summed E-state index contributed by atoms with van der Waals surface area (Å²) >= 11 is 1.61. The zero-order chi connectivity index (χ0) is 13.4. The van der Waals surface area contributed by atoms with Crippen molar-refractivity contribution in [3.63, 3.8) is 0 Å². The molecule has 1 rings (SSSR count). The van der Waals surface area contributed by atoms with Gasteiger partial charge in [-0.15, -0.1) is 11.8 Å². The van der Waals surface area contributed by atoms with Crippen molar-refractivity contribution >= 4 is 11.8 Å². The summed E-state index contributed by atoms with van der Waals surface area (Å²) in [6.07, 6.45) is 1.77. The maximum Gasteiger partial charge on any atom is 0.129 e. The predicted octanol–water partition coefficient (Wildman–Crippen LogP) is 3.36. The average Bonchev–Trinajstić information content (AvgIpc) is 2.36. The predicted molar refractivity (Wildman–Crippen MR) is 75.5 cm³/mol. The summed E-state index contributed by atoms with van der Waals surface area (Å²) in [6.45, 7) is 5.15. The van der Waals surface area contributed by atoms with E-state index in [2.05, 4.69) is 12.2 Å². The maximum atomic E-state index is 13.9. The monoisotopic (exact) mass is 271 g/mol. The zero-order valence-corrected chi connectivity index (χ0v) is 11.9. The Morgan fingerprint density at radius 3 is 2.89 bits per heavy atom. The summed E-state index contributed by atoms with van der Waals surface area (Å²) in [4.78, 5) is 0.972. The zero-order valence-electron chi connectivity index (χ0n) is 11.1. The van der Waals surface area contributed by atoms with Crippen LogP contribution < -0.4 is 5.32 Å². The van der Waals surface area contributed by atoms with Crippen LogP contribution in [0.15, 0.2) is 23.1 Å². The highest BCUT2D eigenvalue weighted by atomic mass is 32.2. The van der Waals surface area contributed by atoms with Gasteiger partial charge in [0, 0.05) is 28.9 Å². The highest BCUT2D eigenvalue weighted by Gasteiger charge is 2.15. The van der Waals surface area contributed by atoms with E-state index in [4.69, 9.17) is 5.11 Å². The number of benzene rings is 1. The van der Waals surface area contributed by atoms with Gasteiger partial charge in [-0.25, -0.2) is 4.39 Å². The number of aliphatic hydroxyl groups is 1. The van der Waals surface area contributed by atoms with E-state index in [1.165, 1.54) is 6.07 Å². The number of hydrogen-bond acceptors (Lipinski definition) is 3. The van der Waals surface area contributed by atoms with Crippen LogP contribution in [0.25, 0.3) is 0 Å². The largest absolute Gasteiger partial charge is 0.396 e. The first kappa shape index (κ1) is 15.5. The van der Waals surface area contributed by atoms with Crippen LogP contribution in [-0.4, -0.2) is 24.0 Å². The Balaban J connectivity index is 2.79. The highest BCUT2D eigenvalue weighted by molar-refractivity contribution is 7.99. The van der Waals surface area contributed by atoms with Crippen LogP contribution in [0.4, 0.5) is 4.39 Å². The van der Waals surface area contributed by atoms with Gasteiger partial charge in [0.15, 0.2) is 0 Å². The lowest BCUT2D eigenvalue weighted by Gasteiger charge is -2.18. The van der Waals surface area contributed by atoms with Crippen molar-refractivity contribution in [3.05, 3.63) is 29.6 Å². The van der Waals surface area contributed by atoms with Crippen molar-refractivity contribution in [2.75, 3.05) is 18.9 Å². The molecular formula is C14H22FNOS. The van der Waals surface area contributed by atoms with Crippen molar-refractivity contribution in [1.29, 1.82) is 0 Å². The van der Waals surface area contributed by atoms with E-state index in [-0.39, 0.29) is 18.5 Å². The van der Waals surface area contributed by atoms with Crippen molar-refractivity contribution in [3.8, 4) is 0 Å². The minimum absolute atomic E-state index is 0.0165. The van der Waals surface area contributed by atoms with E-state index in [0.717, 1.165) is 35.6 Å². The Morgan fingerprint density at radius 1 is 1.44 bits per heavy atom. The smallest absolute Gasteiger partial charge is 0.129 e. The fourth-order valence-electron chi connectivity index (χ4n) is 1.77. The Labute approximate surface area is 113 Å². The molecule has 1 unspecified atom stereocenters. The molecule has 0 saturated heterocycles. The van der Waals surface area contributed by atoms with E-state index >= 15 is 0 Å². The fraction of sp³-hybridized carbons (Fsp3) is 0.571. The van der Waals surface area contributed by atoms with Crippen molar-refractivity contribution in [2.24, 2.45) is 0 Å². The van der Waals surface area contributed by atoms with Crippen LogP contribution in [0.5, 0.6) is 0 Å². The lowest BCUT2D eigenvalue weighted by Crippen LogP contribution is -2.21. The number of hydrogen-bond donors (Lipinski definition) is 2. The molecule has 0 heterocycles. The van der Waals surface area contributed by atoms with Crippen LogP contribution in [-0.2, 0) is 0 Å². The molecule has 0 saturated carbocycles. The van der Waals surface area contributed by atoms with Crippen LogP contribution >= 0.6 is 11.8 Å². The molecule has 18 heavy (non-hydrogen) atoms. The third kappa shape index (κ3) is 4.59. The second-order valence-electron chi connectivity index (χ2n) is 4.25. The maximum absolute atomic E-state index is 13.9. The Kier molecular flexibility index (Phi) is 7.32. The van der Waals surface area contributed by atoms with Crippen LogP contribution in [0, 0.1) is 5.82 Å². The standard InChI is InChI=1S/C14H22FNOS/c1-3-8-16-11(2)14-12(15)6-4-7-13(14)18-10-5-9-17/h4,6-7,11,16-17H,3,5,8-10H2,1-2H3. The van der Waals surface area contributed by atoms with Gasteiger partial charge in [0.05, 0.1) is 0 Å². The van der Waals surface area contributed by atoms with Gasteiger partial charge in [-0.2, -0.15) is 0 Å². The van der Waals surface area contributed by atoms with E-state index in [1.54, 1.807) is 17.8 Å². The quantitative estimate of drug-likeness (QED) is 0.562. The third-order valence-electron chi connectivity index (χ3n) is 2.71. The molecule has 0 aliphatic heterocycles. The molecule has 0 aliphatic carbocycles. The molecule has 1 aromatic rings. The molecule has 102 valence electrons. The lowest BCUT2D eigenvalue weighted by atomic mass is 10.1. The van der Waals surface area contributed by atoms with Crippen LogP contribution in [0.2, 0.25) is 0 Å². The molecule has 2 N–H and O–H groups in total. The summed E-state index contributed by atoms with van der Waals surface area (Å²) in [7, 11) is 0.